The summed E-state index contributed by atoms with van der Waals surface area (Å²) < 4.78 is 4.99. The molecule has 0 aromatic carbocycles. The first-order valence-electron chi connectivity index (χ1n) is 6.03. The van der Waals surface area contributed by atoms with Gasteiger partial charge < -0.3 is 9.84 Å². The molecule has 1 aromatic heterocycles. The van der Waals surface area contributed by atoms with Gasteiger partial charge in [0.2, 0.25) is 5.89 Å². The molecule has 5 nitrogen and oxygen atoms in total. The van der Waals surface area contributed by atoms with Crippen LogP contribution in [0.15, 0.2) is 4.52 Å². The van der Waals surface area contributed by atoms with Crippen LogP contribution < -0.4 is 5.32 Å². The second-order valence-corrected chi connectivity index (χ2v) is 4.38. The Hall–Kier alpha value is -0.940. The van der Waals surface area contributed by atoms with E-state index in [1.165, 1.54) is 12.8 Å². The molecule has 1 unspecified atom stereocenters. The highest BCUT2D eigenvalue weighted by Crippen LogP contribution is 2.07. The molecule has 90 valence electrons. The molecule has 2 rings (SSSR count). The lowest BCUT2D eigenvalue weighted by Gasteiger charge is -2.21. The Morgan fingerprint density at radius 1 is 1.56 bits per heavy atom. The molecule has 0 amide bonds. The fourth-order valence-corrected chi connectivity index (χ4v) is 2.10. The highest BCUT2D eigenvalue weighted by Gasteiger charge is 2.17. The van der Waals surface area contributed by atoms with Crippen molar-refractivity contribution in [3.8, 4) is 0 Å². The normalized spacial score (nSPS) is 23.2. The van der Waals surface area contributed by atoms with Gasteiger partial charge in [-0.3, -0.25) is 4.90 Å². The third kappa shape index (κ3) is 3.02. The molecular formula is C11H20N4O. The summed E-state index contributed by atoms with van der Waals surface area (Å²) in [4.78, 5) is 6.65. The van der Waals surface area contributed by atoms with Crippen molar-refractivity contribution in [2.45, 2.75) is 39.3 Å². The number of hydrogen-bond acceptors (Lipinski definition) is 5. The molecule has 1 aliphatic heterocycles. The van der Waals surface area contributed by atoms with Gasteiger partial charge in [0.25, 0.3) is 0 Å². The minimum Gasteiger partial charge on any atom is -0.340 e. The van der Waals surface area contributed by atoms with E-state index in [0.717, 1.165) is 32.0 Å². The summed E-state index contributed by atoms with van der Waals surface area (Å²) in [5.41, 5.74) is 0. The topological polar surface area (TPSA) is 54.2 Å². The van der Waals surface area contributed by atoms with E-state index in [1.54, 1.807) is 0 Å². The summed E-state index contributed by atoms with van der Waals surface area (Å²) in [5.74, 6) is 1.45. The third-order valence-electron chi connectivity index (χ3n) is 2.99. The highest BCUT2D eigenvalue weighted by atomic mass is 16.5. The summed E-state index contributed by atoms with van der Waals surface area (Å²) in [6.07, 6.45) is 2.36. The van der Waals surface area contributed by atoms with E-state index in [-0.39, 0.29) is 0 Å². The molecule has 0 aliphatic carbocycles. The number of aromatic nitrogens is 2. The SMILES string of the molecule is CCC1CN(Cc2noc(C)n2)CCCN1. The van der Waals surface area contributed by atoms with Crippen LogP contribution in [0.3, 0.4) is 0 Å². The average molecular weight is 224 g/mol. The van der Waals surface area contributed by atoms with E-state index in [2.05, 4.69) is 27.3 Å². The third-order valence-corrected chi connectivity index (χ3v) is 2.99. The molecule has 0 radical (unpaired) electrons. The lowest BCUT2D eigenvalue weighted by Crippen LogP contribution is -2.37. The lowest BCUT2D eigenvalue weighted by atomic mass is 10.2. The summed E-state index contributed by atoms with van der Waals surface area (Å²) in [6.45, 7) is 8.14. The van der Waals surface area contributed by atoms with Crippen LogP contribution in [0, 0.1) is 6.92 Å². The Bertz CT molecular complexity index is 326. The van der Waals surface area contributed by atoms with Crippen LogP contribution in [0.25, 0.3) is 0 Å². The predicted molar refractivity (Wildman–Crippen MR) is 61.0 cm³/mol. The van der Waals surface area contributed by atoms with E-state index < -0.39 is 0 Å². The highest BCUT2D eigenvalue weighted by molar-refractivity contribution is 4.86. The van der Waals surface area contributed by atoms with Crippen molar-refractivity contribution < 1.29 is 4.52 Å². The van der Waals surface area contributed by atoms with Crippen molar-refractivity contribution in [1.29, 1.82) is 0 Å². The van der Waals surface area contributed by atoms with Gasteiger partial charge in [0.15, 0.2) is 5.82 Å². The van der Waals surface area contributed by atoms with Crippen LogP contribution in [0.5, 0.6) is 0 Å². The first-order chi connectivity index (χ1) is 7.78. The molecule has 0 spiro atoms. The van der Waals surface area contributed by atoms with Crippen LogP contribution in [0.4, 0.5) is 0 Å². The lowest BCUT2D eigenvalue weighted by molar-refractivity contribution is 0.247. The molecule has 1 N–H and O–H groups in total. The monoisotopic (exact) mass is 224 g/mol. The molecule has 5 heteroatoms. The second kappa shape index (κ2) is 5.41. The van der Waals surface area contributed by atoms with Gasteiger partial charge in [0.1, 0.15) is 0 Å². The number of nitrogens with zero attached hydrogens (tertiary/aromatic N) is 3. The Kier molecular flexibility index (Phi) is 3.90. The maximum absolute atomic E-state index is 4.99. The molecule has 1 aliphatic rings. The van der Waals surface area contributed by atoms with Crippen LogP contribution in [0.2, 0.25) is 0 Å². The minimum atomic E-state index is 0.593. The number of nitrogens with one attached hydrogen (secondary N) is 1. The molecule has 1 saturated heterocycles. The Labute approximate surface area is 96.2 Å². The summed E-state index contributed by atoms with van der Waals surface area (Å²) in [7, 11) is 0. The van der Waals surface area contributed by atoms with Gasteiger partial charge in [0, 0.05) is 19.5 Å². The number of hydrogen-bond donors (Lipinski definition) is 1. The van der Waals surface area contributed by atoms with E-state index in [0.29, 0.717) is 11.9 Å². The van der Waals surface area contributed by atoms with E-state index in [4.69, 9.17) is 4.52 Å². The maximum Gasteiger partial charge on any atom is 0.223 e. The van der Waals surface area contributed by atoms with Crippen molar-refractivity contribution in [1.82, 2.24) is 20.4 Å². The van der Waals surface area contributed by atoms with Gasteiger partial charge in [-0.1, -0.05) is 12.1 Å². The molecule has 0 saturated carbocycles. The van der Waals surface area contributed by atoms with Gasteiger partial charge in [-0.15, -0.1) is 0 Å². The number of aryl methyl sites for hydroxylation is 1. The molecular weight excluding hydrogens is 204 g/mol. The van der Waals surface area contributed by atoms with Crippen LogP contribution in [0.1, 0.15) is 31.5 Å². The smallest absolute Gasteiger partial charge is 0.223 e. The van der Waals surface area contributed by atoms with Gasteiger partial charge in [0.05, 0.1) is 6.54 Å². The molecule has 16 heavy (non-hydrogen) atoms. The van der Waals surface area contributed by atoms with E-state index >= 15 is 0 Å². The maximum atomic E-state index is 4.99. The predicted octanol–water partition coefficient (Wildman–Crippen LogP) is 0.952. The van der Waals surface area contributed by atoms with Gasteiger partial charge in [-0.05, 0) is 25.9 Å². The fourth-order valence-electron chi connectivity index (χ4n) is 2.10. The largest absolute Gasteiger partial charge is 0.340 e. The summed E-state index contributed by atoms with van der Waals surface area (Å²) in [5, 5.41) is 7.49. The quantitative estimate of drug-likeness (QED) is 0.828. The molecule has 2 heterocycles. The first kappa shape index (κ1) is 11.5. The van der Waals surface area contributed by atoms with E-state index in [9.17, 15) is 0 Å². The van der Waals surface area contributed by atoms with E-state index in [1.807, 2.05) is 6.92 Å². The van der Waals surface area contributed by atoms with Crippen LogP contribution >= 0.6 is 0 Å². The Morgan fingerprint density at radius 3 is 3.12 bits per heavy atom. The zero-order valence-electron chi connectivity index (χ0n) is 10.1. The number of rotatable bonds is 3. The van der Waals surface area contributed by atoms with Crippen molar-refractivity contribution in [3.05, 3.63) is 11.7 Å². The van der Waals surface area contributed by atoms with Crippen LogP contribution in [-0.4, -0.2) is 40.7 Å². The standard InChI is InChI=1S/C11H20N4O/c1-3-10-7-15(6-4-5-12-10)8-11-13-9(2)16-14-11/h10,12H,3-8H2,1-2H3. The summed E-state index contributed by atoms with van der Waals surface area (Å²) >= 11 is 0. The Morgan fingerprint density at radius 2 is 2.44 bits per heavy atom. The second-order valence-electron chi connectivity index (χ2n) is 4.38. The zero-order chi connectivity index (χ0) is 11.4. The Balaban J connectivity index is 1.92. The first-order valence-corrected chi connectivity index (χ1v) is 6.03. The van der Waals surface area contributed by atoms with Gasteiger partial charge in [-0.25, -0.2) is 0 Å². The summed E-state index contributed by atoms with van der Waals surface area (Å²) in [6, 6.07) is 0.593. The van der Waals surface area contributed by atoms with Crippen LogP contribution in [-0.2, 0) is 6.54 Å². The minimum absolute atomic E-state index is 0.593. The van der Waals surface area contributed by atoms with Gasteiger partial charge >= 0.3 is 0 Å². The molecule has 1 fully saturated rings. The fraction of sp³-hybridized carbons (Fsp3) is 0.818. The zero-order valence-corrected chi connectivity index (χ0v) is 10.1. The van der Waals surface area contributed by atoms with Gasteiger partial charge in [-0.2, -0.15) is 4.98 Å². The molecule has 0 bridgehead atoms. The average Bonchev–Trinajstić information content (AvgIpc) is 2.55. The van der Waals surface area contributed by atoms with Crippen molar-refractivity contribution in [3.63, 3.8) is 0 Å². The van der Waals surface area contributed by atoms with Crippen molar-refractivity contribution in [2.75, 3.05) is 19.6 Å². The molecule has 1 atom stereocenters. The van der Waals surface area contributed by atoms with Crippen molar-refractivity contribution >= 4 is 0 Å². The molecule has 1 aromatic rings. The van der Waals surface area contributed by atoms with Crippen molar-refractivity contribution in [2.24, 2.45) is 0 Å².